The molecule has 2 aliphatic rings. The van der Waals surface area contributed by atoms with Crippen LogP contribution in [-0.2, 0) is 22.4 Å². The number of benzene rings is 1. The molecule has 1 fully saturated rings. The normalized spacial score (nSPS) is 16.8. The topological polar surface area (TPSA) is 83.9 Å². The minimum atomic E-state index is -1.22. The number of halogens is 2. The molecule has 201 valence electrons. The van der Waals surface area contributed by atoms with Crippen LogP contribution in [0.2, 0.25) is 12.1 Å². The summed E-state index contributed by atoms with van der Waals surface area (Å²) in [6.07, 6.45) is 4.77. The van der Waals surface area contributed by atoms with Gasteiger partial charge in [0.25, 0.3) is 0 Å². The van der Waals surface area contributed by atoms with Crippen molar-refractivity contribution in [3.8, 4) is 5.75 Å². The number of aromatic nitrogens is 1. The Bertz CT molecular complexity index is 1100. The first-order valence-corrected chi connectivity index (χ1v) is 14.9. The first kappa shape index (κ1) is 27.5. The van der Waals surface area contributed by atoms with Crippen LogP contribution in [0.4, 0.5) is 14.6 Å². The Morgan fingerprint density at radius 2 is 2.05 bits per heavy atom. The minimum Gasteiger partial charge on any atom is -0.488 e. The van der Waals surface area contributed by atoms with Gasteiger partial charge in [-0.2, -0.15) is 0 Å². The average molecular weight is 533 g/mol. The highest BCUT2D eigenvalue weighted by Crippen LogP contribution is 2.37. The highest BCUT2D eigenvalue weighted by atomic mass is 28.3. The molecule has 0 aliphatic carbocycles. The van der Waals surface area contributed by atoms with E-state index >= 15 is 0 Å². The Balaban J connectivity index is 1.25. The molecular formula is C27H36F2N3O4Si. The van der Waals surface area contributed by atoms with E-state index in [0.717, 1.165) is 74.4 Å². The molecule has 1 atom stereocenters. The number of carboxylic acid groups (broad SMARTS) is 1. The number of fused-ring (bicyclic) bond motifs is 1. The van der Waals surface area contributed by atoms with Crippen LogP contribution in [0.5, 0.6) is 5.75 Å². The lowest BCUT2D eigenvalue weighted by Gasteiger charge is -2.41. The Hall–Kier alpha value is -2.56. The van der Waals surface area contributed by atoms with Gasteiger partial charge in [-0.15, -0.1) is 0 Å². The van der Waals surface area contributed by atoms with E-state index in [1.165, 1.54) is 5.56 Å². The van der Waals surface area contributed by atoms with Gasteiger partial charge in [-0.25, -0.2) is 13.8 Å². The number of anilines is 1. The number of nitrogens with one attached hydrogen (secondary N) is 1. The van der Waals surface area contributed by atoms with E-state index in [0.29, 0.717) is 6.61 Å². The van der Waals surface area contributed by atoms with Crippen molar-refractivity contribution in [3.05, 3.63) is 52.7 Å². The Morgan fingerprint density at radius 1 is 1.27 bits per heavy atom. The zero-order valence-electron chi connectivity index (χ0n) is 21.7. The van der Waals surface area contributed by atoms with Crippen LogP contribution in [0, 0.1) is 11.6 Å². The first-order valence-electron chi connectivity index (χ1n) is 13.0. The smallest absolute Gasteiger partial charge is 0.325 e. The molecular weight excluding hydrogens is 496 g/mol. The third-order valence-electron chi connectivity index (χ3n) is 6.86. The number of rotatable bonds is 12. The number of hydrogen-bond donors (Lipinski definition) is 2. The summed E-state index contributed by atoms with van der Waals surface area (Å²) < 4.78 is 41.9. The zero-order valence-corrected chi connectivity index (χ0v) is 22.7. The van der Waals surface area contributed by atoms with Gasteiger partial charge < -0.3 is 24.5 Å². The van der Waals surface area contributed by atoms with Crippen LogP contribution in [0.3, 0.4) is 0 Å². The zero-order chi connectivity index (χ0) is 26.5. The second kappa shape index (κ2) is 12.3. The summed E-state index contributed by atoms with van der Waals surface area (Å²) in [6.45, 7) is 5.06. The van der Waals surface area contributed by atoms with Gasteiger partial charge >= 0.3 is 5.97 Å². The maximum atomic E-state index is 14.5. The standard InChI is InChI=1S/C27H36F2N3O4Si/c1-17(2)36-25-22(13-19(28)14-23(25)29)24(27(33)34)32(3)37-15-21(16-37)35-12-5-4-8-20-10-9-18-7-6-11-30-26(18)31-20/h9-10,13-14,17,21,24H,4-8,11-12,15-16H2,1-3H3,(H,30,31)(H,33,34)/t24-/m0/s1. The lowest BCUT2D eigenvalue weighted by molar-refractivity contribution is -0.141. The van der Waals surface area contributed by atoms with E-state index in [-0.39, 0.29) is 23.5 Å². The summed E-state index contributed by atoms with van der Waals surface area (Å²) in [7, 11) is 0.496. The molecule has 1 aromatic carbocycles. The number of nitrogens with zero attached hydrogens (tertiary/aromatic N) is 2. The summed E-state index contributed by atoms with van der Waals surface area (Å²) in [4.78, 5) is 16.9. The first-order chi connectivity index (χ1) is 17.7. The molecule has 0 saturated carbocycles. The maximum absolute atomic E-state index is 14.5. The second-order valence-electron chi connectivity index (χ2n) is 10.1. The van der Waals surface area contributed by atoms with Gasteiger partial charge in [-0.05, 0) is 82.8 Å². The molecule has 1 aromatic heterocycles. The lowest BCUT2D eigenvalue weighted by atomic mass is 10.0. The number of likely N-dealkylation sites (N-methyl/N-ethyl adjacent to an activating group) is 1. The van der Waals surface area contributed by atoms with Crippen molar-refractivity contribution in [1.82, 2.24) is 9.55 Å². The number of ether oxygens (including phenoxy) is 2. The number of pyridine rings is 1. The second-order valence-corrected chi connectivity index (χ2v) is 12.7. The van der Waals surface area contributed by atoms with Gasteiger partial charge in [0.1, 0.15) is 26.6 Å². The monoisotopic (exact) mass is 532 g/mol. The Labute approximate surface area is 218 Å². The highest BCUT2D eigenvalue weighted by Gasteiger charge is 2.41. The summed E-state index contributed by atoms with van der Waals surface area (Å²) in [5.74, 6) is -2.05. The SMILES string of the molecule is CC(C)Oc1c(F)cc(F)cc1[C@@H](C(=O)O)N(C)[Si]1CC(OCCCCc2ccc3c(n2)NCCC3)C1. The number of hydrogen-bond acceptors (Lipinski definition) is 6. The molecule has 7 nitrogen and oxygen atoms in total. The number of aliphatic carboxylic acids is 1. The van der Waals surface area contributed by atoms with Gasteiger partial charge in [-0.3, -0.25) is 4.79 Å². The summed E-state index contributed by atoms with van der Waals surface area (Å²) in [6, 6.07) is 6.42. The maximum Gasteiger partial charge on any atom is 0.325 e. The molecule has 2 N–H and O–H groups in total. The number of aryl methyl sites for hydroxylation is 2. The van der Waals surface area contributed by atoms with Crippen LogP contribution >= 0.6 is 0 Å². The van der Waals surface area contributed by atoms with Gasteiger partial charge in [0.15, 0.2) is 11.6 Å². The third-order valence-corrected chi connectivity index (χ3v) is 9.97. The molecule has 3 heterocycles. The van der Waals surface area contributed by atoms with Crippen molar-refractivity contribution in [2.45, 2.75) is 76.3 Å². The quantitative estimate of drug-likeness (QED) is 0.295. The van der Waals surface area contributed by atoms with Crippen LogP contribution in [0.15, 0.2) is 24.3 Å². The van der Waals surface area contributed by atoms with E-state index in [1.807, 2.05) is 0 Å². The van der Waals surface area contributed by atoms with Crippen molar-refractivity contribution in [2.75, 3.05) is 25.5 Å². The molecule has 37 heavy (non-hydrogen) atoms. The van der Waals surface area contributed by atoms with Gasteiger partial charge in [-0.1, -0.05) is 6.07 Å². The number of carboxylic acids is 1. The number of unbranched alkanes of at least 4 members (excludes halogenated alkanes) is 1. The molecule has 0 unspecified atom stereocenters. The lowest BCUT2D eigenvalue weighted by Crippen LogP contribution is -2.52. The summed E-state index contributed by atoms with van der Waals surface area (Å²) in [5.41, 5.74) is 2.40. The Morgan fingerprint density at radius 3 is 2.78 bits per heavy atom. The summed E-state index contributed by atoms with van der Waals surface area (Å²) in [5, 5.41) is 13.3. The van der Waals surface area contributed by atoms with Crippen LogP contribution in [0.25, 0.3) is 0 Å². The molecule has 4 rings (SSSR count). The van der Waals surface area contributed by atoms with E-state index in [2.05, 4.69) is 17.4 Å². The minimum absolute atomic E-state index is 0.00838. The molecule has 0 amide bonds. The summed E-state index contributed by atoms with van der Waals surface area (Å²) >= 11 is 0. The van der Waals surface area contributed by atoms with E-state index in [4.69, 9.17) is 14.5 Å². The van der Waals surface area contributed by atoms with Crippen LogP contribution < -0.4 is 10.1 Å². The number of carbonyl (C=O) groups is 1. The molecule has 0 spiro atoms. The van der Waals surface area contributed by atoms with Gasteiger partial charge in [0, 0.05) is 30.5 Å². The fourth-order valence-corrected chi connectivity index (χ4v) is 7.23. The van der Waals surface area contributed by atoms with Crippen LogP contribution in [0.1, 0.15) is 56.0 Å². The van der Waals surface area contributed by atoms with Crippen molar-refractivity contribution in [2.24, 2.45) is 0 Å². The molecule has 0 bridgehead atoms. The largest absolute Gasteiger partial charge is 0.488 e. The third kappa shape index (κ3) is 6.85. The van der Waals surface area contributed by atoms with Crippen molar-refractivity contribution in [3.63, 3.8) is 0 Å². The van der Waals surface area contributed by atoms with Crippen molar-refractivity contribution in [1.29, 1.82) is 0 Å². The van der Waals surface area contributed by atoms with Crippen molar-refractivity contribution >= 4 is 20.7 Å². The van der Waals surface area contributed by atoms with E-state index in [1.54, 1.807) is 25.5 Å². The predicted octanol–water partition coefficient (Wildman–Crippen LogP) is 4.98. The fourth-order valence-electron chi connectivity index (χ4n) is 4.87. The van der Waals surface area contributed by atoms with Crippen molar-refractivity contribution < 1.29 is 28.2 Å². The molecule has 10 heteroatoms. The molecule has 2 aliphatic heterocycles. The van der Waals surface area contributed by atoms with Gasteiger partial charge in [0.2, 0.25) is 0 Å². The Kier molecular flexibility index (Phi) is 9.15. The molecule has 1 radical (unpaired) electrons. The van der Waals surface area contributed by atoms with E-state index < -0.39 is 32.6 Å². The van der Waals surface area contributed by atoms with Gasteiger partial charge in [0.05, 0.1) is 12.2 Å². The average Bonchev–Trinajstić information content (AvgIpc) is 2.81. The fraction of sp³-hybridized carbons (Fsp3) is 0.556. The van der Waals surface area contributed by atoms with Crippen LogP contribution in [-0.4, -0.2) is 62.0 Å². The highest BCUT2D eigenvalue weighted by molar-refractivity contribution is 6.59. The molecule has 2 aromatic rings. The predicted molar refractivity (Wildman–Crippen MR) is 139 cm³/mol. The molecule has 1 saturated heterocycles. The van der Waals surface area contributed by atoms with E-state index in [9.17, 15) is 18.7 Å².